The first kappa shape index (κ1) is 18.2. The van der Waals surface area contributed by atoms with Gasteiger partial charge in [0, 0.05) is 50.7 Å². The molecule has 2 heterocycles. The maximum absolute atomic E-state index is 3.39. The van der Waals surface area contributed by atoms with Crippen LogP contribution in [0.4, 0.5) is 0 Å². The highest BCUT2D eigenvalue weighted by Gasteiger charge is 2.10. The molecule has 1 saturated heterocycles. The van der Waals surface area contributed by atoms with Crippen molar-refractivity contribution in [3.8, 4) is 0 Å². The van der Waals surface area contributed by atoms with Gasteiger partial charge in [0.25, 0.3) is 0 Å². The Morgan fingerprint density at radius 3 is 2.67 bits per heavy atom. The normalized spacial score (nSPS) is 16.1. The van der Waals surface area contributed by atoms with Crippen LogP contribution in [-0.4, -0.2) is 56.1 Å². The fourth-order valence-corrected chi connectivity index (χ4v) is 2.78. The number of likely N-dealkylation sites (N-methyl/N-ethyl adjacent to an activating group) is 1. The molecule has 2 rings (SSSR count). The molecule has 1 aromatic rings. The molecule has 1 aromatic heterocycles. The summed E-state index contributed by atoms with van der Waals surface area (Å²) in [4.78, 5) is 6.41. The van der Waals surface area contributed by atoms with Crippen LogP contribution in [-0.2, 0) is 6.54 Å². The largest absolute Gasteiger partial charge is 0.314 e. The van der Waals surface area contributed by atoms with Crippen LogP contribution in [0.1, 0.15) is 4.88 Å². The van der Waals surface area contributed by atoms with Gasteiger partial charge in [0.05, 0.1) is 0 Å². The highest BCUT2D eigenvalue weighted by molar-refractivity contribution is 7.09. The van der Waals surface area contributed by atoms with E-state index < -0.39 is 0 Å². The summed E-state index contributed by atoms with van der Waals surface area (Å²) >= 11 is 1.85. The Morgan fingerprint density at radius 1 is 1.33 bits per heavy atom. The molecule has 0 atom stereocenters. The first-order valence-electron chi connectivity index (χ1n) is 5.98. The third-order valence-electron chi connectivity index (χ3n) is 3.01. The summed E-state index contributed by atoms with van der Waals surface area (Å²) in [6.07, 6.45) is 0. The van der Waals surface area contributed by atoms with Gasteiger partial charge in [-0.2, -0.15) is 0 Å². The standard InChI is InChI=1S/C12H21N3S.2ClH/c1-14(11-12-3-2-10-16-12)8-9-15-6-4-13-5-7-15;;/h2-3,10,13H,4-9,11H2,1H3;2*1H. The van der Waals surface area contributed by atoms with Crippen molar-refractivity contribution < 1.29 is 0 Å². The fourth-order valence-electron chi connectivity index (χ4n) is 1.99. The third kappa shape index (κ3) is 6.36. The lowest BCUT2D eigenvalue weighted by Gasteiger charge is -2.28. The second-order valence-corrected chi connectivity index (χ2v) is 5.44. The van der Waals surface area contributed by atoms with Crippen molar-refractivity contribution in [3.05, 3.63) is 22.4 Å². The molecule has 1 aliphatic rings. The van der Waals surface area contributed by atoms with Gasteiger partial charge >= 0.3 is 0 Å². The van der Waals surface area contributed by atoms with E-state index in [4.69, 9.17) is 0 Å². The zero-order valence-electron chi connectivity index (χ0n) is 10.8. The van der Waals surface area contributed by atoms with Gasteiger partial charge in [0.2, 0.25) is 0 Å². The van der Waals surface area contributed by atoms with Crippen molar-refractivity contribution >= 4 is 36.2 Å². The lowest BCUT2D eigenvalue weighted by Crippen LogP contribution is -2.45. The smallest absolute Gasteiger partial charge is 0.0325 e. The molecule has 0 amide bonds. The summed E-state index contributed by atoms with van der Waals surface area (Å²) < 4.78 is 0. The van der Waals surface area contributed by atoms with Gasteiger partial charge in [0.15, 0.2) is 0 Å². The first-order chi connectivity index (χ1) is 7.84. The molecule has 0 spiro atoms. The third-order valence-corrected chi connectivity index (χ3v) is 3.87. The minimum atomic E-state index is 0. The molecule has 0 radical (unpaired) electrons. The number of rotatable bonds is 5. The van der Waals surface area contributed by atoms with Crippen molar-refractivity contribution in [2.45, 2.75) is 6.54 Å². The molecular weight excluding hydrogens is 289 g/mol. The van der Waals surface area contributed by atoms with Crippen molar-refractivity contribution in [2.75, 3.05) is 46.3 Å². The maximum atomic E-state index is 3.39. The molecule has 18 heavy (non-hydrogen) atoms. The van der Waals surface area contributed by atoms with Gasteiger partial charge in [-0.3, -0.25) is 4.90 Å². The molecule has 3 nitrogen and oxygen atoms in total. The quantitative estimate of drug-likeness (QED) is 0.896. The molecule has 1 aliphatic heterocycles. The number of thiophene rings is 1. The van der Waals surface area contributed by atoms with Crippen molar-refractivity contribution in [2.24, 2.45) is 0 Å². The molecular formula is C12H23Cl2N3S. The topological polar surface area (TPSA) is 18.5 Å². The van der Waals surface area contributed by atoms with Gasteiger partial charge in [-0.05, 0) is 18.5 Å². The van der Waals surface area contributed by atoms with Crippen LogP contribution in [0.15, 0.2) is 17.5 Å². The summed E-state index contributed by atoms with van der Waals surface area (Å²) in [5.41, 5.74) is 0. The molecule has 106 valence electrons. The minimum Gasteiger partial charge on any atom is -0.314 e. The Kier molecular flexibility index (Phi) is 10.1. The van der Waals surface area contributed by atoms with Crippen LogP contribution in [0.25, 0.3) is 0 Å². The van der Waals surface area contributed by atoms with E-state index in [0.29, 0.717) is 0 Å². The number of halogens is 2. The molecule has 0 aliphatic carbocycles. The summed E-state index contributed by atoms with van der Waals surface area (Å²) in [6.45, 7) is 8.15. The first-order valence-corrected chi connectivity index (χ1v) is 6.86. The number of hydrogen-bond acceptors (Lipinski definition) is 4. The van der Waals surface area contributed by atoms with Crippen LogP contribution in [0, 0.1) is 0 Å². The average Bonchev–Trinajstić information content (AvgIpc) is 2.81. The van der Waals surface area contributed by atoms with Crippen LogP contribution >= 0.6 is 36.2 Å². The van der Waals surface area contributed by atoms with E-state index in [-0.39, 0.29) is 24.8 Å². The minimum absolute atomic E-state index is 0. The van der Waals surface area contributed by atoms with Crippen LogP contribution in [0.3, 0.4) is 0 Å². The molecule has 6 heteroatoms. The average molecular weight is 312 g/mol. The monoisotopic (exact) mass is 311 g/mol. The predicted octanol–water partition coefficient (Wildman–Crippen LogP) is 1.93. The Bertz CT molecular complexity index is 290. The summed E-state index contributed by atoms with van der Waals surface area (Å²) in [5.74, 6) is 0. The molecule has 0 aromatic carbocycles. The van der Waals surface area contributed by atoms with E-state index in [9.17, 15) is 0 Å². The molecule has 1 N–H and O–H groups in total. The zero-order valence-corrected chi connectivity index (χ0v) is 13.3. The Hall–Kier alpha value is 0.160. The molecule has 0 saturated carbocycles. The fraction of sp³-hybridized carbons (Fsp3) is 0.667. The van der Waals surface area contributed by atoms with Gasteiger partial charge in [-0.25, -0.2) is 0 Å². The van der Waals surface area contributed by atoms with Crippen molar-refractivity contribution in [1.82, 2.24) is 15.1 Å². The second kappa shape index (κ2) is 10.0. The number of piperazine rings is 1. The Balaban J connectivity index is 0.00000144. The van der Waals surface area contributed by atoms with Gasteiger partial charge in [0.1, 0.15) is 0 Å². The zero-order chi connectivity index (χ0) is 11.2. The summed E-state index contributed by atoms with van der Waals surface area (Å²) in [5, 5.41) is 5.54. The highest BCUT2D eigenvalue weighted by atomic mass is 35.5. The van der Waals surface area contributed by atoms with Gasteiger partial charge in [-0.15, -0.1) is 36.2 Å². The number of hydrogen-bond donors (Lipinski definition) is 1. The highest BCUT2D eigenvalue weighted by Crippen LogP contribution is 2.10. The van der Waals surface area contributed by atoms with Crippen molar-refractivity contribution in [3.63, 3.8) is 0 Å². The van der Waals surface area contributed by atoms with Gasteiger partial charge < -0.3 is 10.2 Å². The second-order valence-electron chi connectivity index (χ2n) is 4.41. The van der Waals surface area contributed by atoms with Crippen LogP contribution < -0.4 is 5.32 Å². The summed E-state index contributed by atoms with van der Waals surface area (Å²) in [7, 11) is 2.21. The molecule has 1 fully saturated rings. The van der Waals surface area contributed by atoms with E-state index in [0.717, 1.165) is 26.2 Å². The van der Waals surface area contributed by atoms with E-state index in [1.807, 2.05) is 11.3 Å². The van der Waals surface area contributed by atoms with E-state index >= 15 is 0 Å². The number of nitrogens with zero attached hydrogens (tertiary/aromatic N) is 2. The van der Waals surface area contributed by atoms with Crippen LogP contribution in [0.5, 0.6) is 0 Å². The van der Waals surface area contributed by atoms with Gasteiger partial charge in [-0.1, -0.05) is 6.07 Å². The van der Waals surface area contributed by atoms with Crippen molar-refractivity contribution in [1.29, 1.82) is 0 Å². The maximum Gasteiger partial charge on any atom is 0.0325 e. The van der Waals surface area contributed by atoms with E-state index in [1.165, 1.54) is 24.5 Å². The Labute approximate surface area is 126 Å². The lowest BCUT2D eigenvalue weighted by atomic mass is 10.3. The summed E-state index contributed by atoms with van der Waals surface area (Å²) in [6, 6.07) is 4.34. The SMILES string of the molecule is CN(CCN1CCNCC1)Cc1cccs1.Cl.Cl. The van der Waals surface area contributed by atoms with Crippen LogP contribution in [0.2, 0.25) is 0 Å². The van der Waals surface area contributed by atoms with E-state index in [2.05, 4.69) is 39.7 Å². The lowest BCUT2D eigenvalue weighted by molar-refractivity contribution is 0.203. The predicted molar refractivity (Wildman–Crippen MR) is 84.5 cm³/mol. The van der Waals surface area contributed by atoms with E-state index in [1.54, 1.807) is 0 Å². The molecule has 0 unspecified atom stereocenters. The molecule has 0 bridgehead atoms. The number of nitrogens with one attached hydrogen (secondary N) is 1. The Morgan fingerprint density at radius 2 is 2.06 bits per heavy atom.